The van der Waals surface area contributed by atoms with E-state index in [2.05, 4.69) is 4.98 Å². The van der Waals surface area contributed by atoms with Gasteiger partial charge in [0.1, 0.15) is 0 Å². The molecular weight excluding hydrogens is 219 g/mol. The maximum atomic E-state index is 12.3. The molecule has 0 bridgehead atoms. The van der Waals surface area contributed by atoms with Crippen molar-refractivity contribution in [2.45, 2.75) is 13.1 Å². The van der Waals surface area contributed by atoms with Gasteiger partial charge >= 0.3 is 6.18 Å². The summed E-state index contributed by atoms with van der Waals surface area (Å²) in [5.41, 5.74) is -1.31. The number of hydrogen-bond donors (Lipinski definition) is 0. The Bertz CT molecular complexity index is 375. The van der Waals surface area contributed by atoms with Gasteiger partial charge in [-0.2, -0.15) is 13.2 Å². The molecule has 0 radical (unpaired) electrons. The van der Waals surface area contributed by atoms with Crippen molar-refractivity contribution in [1.82, 2.24) is 4.98 Å². The Kier molecular flexibility index (Phi) is 2.80. The molecule has 0 aliphatic heterocycles. The predicted molar refractivity (Wildman–Crippen MR) is 44.3 cm³/mol. The number of carbonyl (C=O) groups excluding carboxylic acids is 1. The van der Waals surface area contributed by atoms with Crippen LogP contribution in [0.2, 0.25) is 5.02 Å². The van der Waals surface area contributed by atoms with Crippen molar-refractivity contribution in [3.8, 4) is 0 Å². The third-order valence-electron chi connectivity index (χ3n) is 1.56. The van der Waals surface area contributed by atoms with Crippen LogP contribution in [0.25, 0.3) is 0 Å². The van der Waals surface area contributed by atoms with E-state index >= 15 is 0 Å². The quantitative estimate of drug-likeness (QED) is 0.685. The van der Waals surface area contributed by atoms with Crippen molar-refractivity contribution in [3.63, 3.8) is 0 Å². The average Bonchev–Trinajstić information content (AvgIpc) is 2.01. The minimum absolute atomic E-state index is 0.221. The molecule has 0 amide bonds. The van der Waals surface area contributed by atoms with Crippen LogP contribution in [0.15, 0.2) is 12.4 Å². The Hall–Kier alpha value is -1.10. The third-order valence-corrected chi connectivity index (χ3v) is 1.97. The maximum Gasteiger partial charge on any atom is 0.419 e. The number of ketones is 1. The molecule has 1 aromatic heterocycles. The molecule has 6 heteroatoms. The lowest BCUT2D eigenvalue weighted by Gasteiger charge is -2.09. The molecule has 0 aliphatic rings. The first-order chi connectivity index (χ1) is 6.34. The van der Waals surface area contributed by atoms with E-state index < -0.39 is 22.5 Å². The highest BCUT2D eigenvalue weighted by Gasteiger charge is 2.34. The van der Waals surface area contributed by atoms with Crippen LogP contribution in [0.1, 0.15) is 22.8 Å². The molecule has 1 heterocycles. The SMILES string of the molecule is CC(=O)c1cncc(C(F)(F)F)c1Cl. The fourth-order valence-corrected chi connectivity index (χ4v) is 1.23. The number of aromatic nitrogens is 1. The Balaban J connectivity index is 3.35. The Morgan fingerprint density at radius 3 is 2.43 bits per heavy atom. The van der Waals surface area contributed by atoms with Crippen molar-refractivity contribution < 1.29 is 18.0 Å². The number of alkyl halides is 3. The Morgan fingerprint density at radius 2 is 2.00 bits per heavy atom. The minimum Gasteiger partial charge on any atom is -0.294 e. The van der Waals surface area contributed by atoms with Crippen LogP contribution in [0.3, 0.4) is 0 Å². The van der Waals surface area contributed by atoms with E-state index in [9.17, 15) is 18.0 Å². The molecule has 0 fully saturated rings. The predicted octanol–water partition coefficient (Wildman–Crippen LogP) is 2.96. The Labute approximate surface area is 82.7 Å². The summed E-state index contributed by atoms with van der Waals surface area (Å²) in [6.07, 6.45) is -2.98. The molecule has 0 spiro atoms. The molecule has 0 saturated carbocycles. The molecule has 0 N–H and O–H groups in total. The van der Waals surface area contributed by atoms with Crippen LogP contribution in [-0.2, 0) is 6.18 Å². The lowest BCUT2D eigenvalue weighted by Crippen LogP contribution is -2.09. The molecule has 2 nitrogen and oxygen atoms in total. The largest absolute Gasteiger partial charge is 0.419 e. The molecule has 0 saturated heterocycles. The number of Topliss-reactive ketones (excluding diaryl/α,β-unsaturated/α-hetero) is 1. The standard InChI is InChI=1S/C8H5ClF3NO/c1-4(14)5-2-13-3-6(7(5)9)8(10,11)12/h2-3H,1H3. The smallest absolute Gasteiger partial charge is 0.294 e. The summed E-state index contributed by atoms with van der Waals surface area (Å²) in [6, 6.07) is 0. The van der Waals surface area contributed by atoms with E-state index in [0.29, 0.717) is 6.20 Å². The van der Waals surface area contributed by atoms with Gasteiger partial charge in [-0.05, 0) is 6.92 Å². The second-order valence-corrected chi connectivity index (χ2v) is 2.98. The summed E-state index contributed by atoms with van der Waals surface area (Å²) < 4.78 is 36.8. The number of rotatable bonds is 1. The Morgan fingerprint density at radius 1 is 1.43 bits per heavy atom. The number of nitrogens with zero attached hydrogens (tertiary/aromatic N) is 1. The number of halogens is 4. The number of carbonyl (C=O) groups is 1. The van der Waals surface area contributed by atoms with E-state index in [-0.39, 0.29) is 5.56 Å². The van der Waals surface area contributed by atoms with Gasteiger partial charge in [0.25, 0.3) is 0 Å². The van der Waals surface area contributed by atoms with Crippen LogP contribution in [-0.4, -0.2) is 10.8 Å². The van der Waals surface area contributed by atoms with E-state index in [4.69, 9.17) is 11.6 Å². The zero-order valence-corrected chi connectivity index (χ0v) is 7.78. The van der Waals surface area contributed by atoms with Crippen LogP contribution in [0.4, 0.5) is 13.2 Å². The van der Waals surface area contributed by atoms with Gasteiger partial charge in [-0.25, -0.2) is 0 Å². The van der Waals surface area contributed by atoms with Crippen LogP contribution >= 0.6 is 11.6 Å². The fraction of sp³-hybridized carbons (Fsp3) is 0.250. The van der Waals surface area contributed by atoms with E-state index in [1.165, 1.54) is 0 Å². The summed E-state index contributed by atoms with van der Waals surface area (Å²) in [4.78, 5) is 14.2. The highest BCUT2D eigenvalue weighted by atomic mass is 35.5. The van der Waals surface area contributed by atoms with Gasteiger partial charge in [-0.3, -0.25) is 9.78 Å². The zero-order valence-electron chi connectivity index (χ0n) is 7.02. The second-order valence-electron chi connectivity index (χ2n) is 2.60. The van der Waals surface area contributed by atoms with E-state index in [1.54, 1.807) is 0 Å². The molecule has 0 aliphatic carbocycles. The first-order valence-corrected chi connectivity index (χ1v) is 3.93. The second kappa shape index (κ2) is 3.57. The normalized spacial score (nSPS) is 11.5. The van der Waals surface area contributed by atoms with Crippen molar-refractivity contribution in [2.24, 2.45) is 0 Å². The van der Waals surface area contributed by atoms with Gasteiger partial charge in [-0.1, -0.05) is 11.6 Å². The fourth-order valence-electron chi connectivity index (χ4n) is 0.888. The summed E-state index contributed by atoms with van der Waals surface area (Å²) >= 11 is 5.41. The van der Waals surface area contributed by atoms with Gasteiger partial charge in [0.15, 0.2) is 5.78 Å². The molecule has 76 valence electrons. The number of pyridine rings is 1. The van der Waals surface area contributed by atoms with E-state index in [0.717, 1.165) is 13.1 Å². The summed E-state index contributed by atoms with van der Waals surface area (Å²) in [5, 5.41) is -0.597. The lowest BCUT2D eigenvalue weighted by atomic mass is 10.1. The summed E-state index contributed by atoms with van der Waals surface area (Å²) in [5.74, 6) is -0.548. The first kappa shape index (κ1) is 11.0. The summed E-state index contributed by atoms with van der Waals surface area (Å²) in [6.45, 7) is 1.13. The number of hydrogen-bond acceptors (Lipinski definition) is 2. The van der Waals surface area contributed by atoms with Crippen molar-refractivity contribution in [3.05, 3.63) is 28.5 Å². The zero-order chi connectivity index (χ0) is 10.9. The molecule has 0 atom stereocenters. The van der Waals surface area contributed by atoms with Crippen molar-refractivity contribution in [2.75, 3.05) is 0 Å². The van der Waals surface area contributed by atoms with Crippen molar-refractivity contribution >= 4 is 17.4 Å². The average molecular weight is 224 g/mol. The minimum atomic E-state index is -4.59. The van der Waals surface area contributed by atoms with Gasteiger partial charge in [0.05, 0.1) is 16.1 Å². The van der Waals surface area contributed by atoms with Gasteiger partial charge < -0.3 is 0 Å². The monoisotopic (exact) mass is 223 g/mol. The van der Waals surface area contributed by atoms with Gasteiger partial charge in [0, 0.05) is 12.4 Å². The molecule has 0 unspecified atom stereocenters. The van der Waals surface area contributed by atoms with Crippen LogP contribution < -0.4 is 0 Å². The van der Waals surface area contributed by atoms with E-state index in [1.807, 2.05) is 0 Å². The molecule has 14 heavy (non-hydrogen) atoms. The molecular formula is C8H5ClF3NO. The molecule has 1 aromatic rings. The highest BCUT2D eigenvalue weighted by molar-refractivity contribution is 6.34. The lowest BCUT2D eigenvalue weighted by molar-refractivity contribution is -0.137. The van der Waals surface area contributed by atoms with Gasteiger partial charge in [0.2, 0.25) is 0 Å². The molecule has 0 aromatic carbocycles. The first-order valence-electron chi connectivity index (χ1n) is 3.55. The summed E-state index contributed by atoms with van der Waals surface area (Å²) in [7, 11) is 0. The third kappa shape index (κ3) is 2.04. The van der Waals surface area contributed by atoms with Crippen LogP contribution in [0.5, 0.6) is 0 Å². The van der Waals surface area contributed by atoms with Crippen molar-refractivity contribution in [1.29, 1.82) is 0 Å². The molecule has 1 rings (SSSR count). The van der Waals surface area contributed by atoms with Gasteiger partial charge in [-0.15, -0.1) is 0 Å². The highest BCUT2D eigenvalue weighted by Crippen LogP contribution is 2.35. The topological polar surface area (TPSA) is 30.0 Å². The maximum absolute atomic E-state index is 12.3. The van der Waals surface area contributed by atoms with Crippen LogP contribution in [0, 0.1) is 0 Å².